The summed E-state index contributed by atoms with van der Waals surface area (Å²) in [5.41, 5.74) is 0. The van der Waals surface area contributed by atoms with Crippen LogP contribution in [0.5, 0.6) is 0 Å². The number of carbonyl (C=O) groups is 1. The SMILES string of the molecule is C=CNC1CCCCC1=O. The molecule has 0 aliphatic heterocycles. The van der Waals surface area contributed by atoms with E-state index in [1.54, 1.807) is 6.20 Å². The molecule has 0 aromatic heterocycles. The standard InChI is InChI=1S/C8H13NO/c1-2-9-7-5-3-4-6-8(7)10/h2,7,9H,1,3-6H2. The van der Waals surface area contributed by atoms with Crippen molar-refractivity contribution in [1.82, 2.24) is 5.32 Å². The van der Waals surface area contributed by atoms with Gasteiger partial charge in [-0.15, -0.1) is 0 Å². The number of carbonyl (C=O) groups excluding carboxylic acids is 1. The molecule has 1 aliphatic carbocycles. The fraction of sp³-hybridized carbons (Fsp3) is 0.625. The van der Waals surface area contributed by atoms with Crippen molar-refractivity contribution < 1.29 is 4.79 Å². The van der Waals surface area contributed by atoms with Crippen LogP contribution in [0.3, 0.4) is 0 Å². The minimum Gasteiger partial charge on any atom is -0.382 e. The van der Waals surface area contributed by atoms with Gasteiger partial charge in [-0.25, -0.2) is 0 Å². The van der Waals surface area contributed by atoms with E-state index in [0.717, 1.165) is 25.7 Å². The van der Waals surface area contributed by atoms with E-state index in [9.17, 15) is 4.79 Å². The Hall–Kier alpha value is -0.790. The fourth-order valence-electron chi connectivity index (χ4n) is 1.30. The van der Waals surface area contributed by atoms with Crippen molar-refractivity contribution in [2.24, 2.45) is 0 Å². The summed E-state index contributed by atoms with van der Waals surface area (Å²) in [7, 11) is 0. The van der Waals surface area contributed by atoms with Crippen molar-refractivity contribution in [2.45, 2.75) is 31.7 Å². The molecule has 1 aliphatic rings. The van der Waals surface area contributed by atoms with E-state index >= 15 is 0 Å². The molecule has 1 fully saturated rings. The molecule has 0 heterocycles. The van der Waals surface area contributed by atoms with E-state index in [1.165, 1.54) is 0 Å². The third kappa shape index (κ3) is 1.59. The van der Waals surface area contributed by atoms with E-state index in [4.69, 9.17) is 0 Å². The molecule has 0 spiro atoms. The summed E-state index contributed by atoms with van der Waals surface area (Å²) in [4.78, 5) is 11.1. The highest BCUT2D eigenvalue weighted by molar-refractivity contribution is 5.84. The minimum absolute atomic E-state index is 0.0613. The number of Topliss-reactive ketones (excluding diaryl/α,β-unsaturated/α-hetero) is 1. The quantitative estimate of drug-likeness (QED) is 0.623. The Bertz CT molecular complexity index is 142. The Kier molecular flexibility index (Phi) is 2.49. The number of hydrogen-bond acceptors (Lipinski definition) is 2. The Morgan fingerprint density at radius 1 is 1.60 bits per heavy atom. The van der Waals surface area contributed by atoms with Gasteiger partial charge in [-0.3, -0.25) is 4.79 Å². The van der Waals surface area contributed by atoms with Crippen LogP contribution in [0, 0.1) is 0 Å². The van der Waals surface area contributed by atoms with Crippen molar-refractivity contribution in [2.75, 3.05) is 0 Å². The first-order valence-corrected chi connectivity index (χ1v) is 3.74. The largest absolute Gasteiger partial charge is 0.382 e. The number of ketones is 1. The van der Waals surface area contributed by atoms with Gasteiger partial charge >= 0.3 is 0 Å². The van der Waals surface area contributed by atoms with Crippen molar-refractivity contribution >= 4 is 5.78 Å². The van der Waals surface area contributed by atoms with Gasteiger partial charge in [0.2, 0.25) is 0 Å². The maximum Gasteiger partial charge on any atom is 0.154 e. The second-order valence-electron chi connectivity index (χ2n) is 2.64. The van der Waals surface area contributed by atoms with Gasteiger partial charge in [0.05, 0.1) is 6.04 Å². The molecule has 1 rings (SSSR count). The van der Waals surface area contributed by atoms with E-state index in [1.807, 2.05) is 0 Å². The minimum atomic E-state index is 0.0613. The molecule has 0 amide bonds. The van der Waals surface area contributed by atoms with Gasteiger partial charge < -0.3 is 5.32 Å². The normalized spacial score (nSPS) is 26.0. The Morgan fingerprint density at radius 2 is 2.40 bits per heavy atom. The third-order valence-corrected chi connectivity index (χ3v) is 1.87. The Morgan fingerprint density at radius 3 is 3.00 bits per heavy atom. The molecular formula is C8H13NO. The van der Waals surface area contributed by atoms with Gasteiger partial charge in [0, 0.05) is 6.42 Å². The zero-order valence-electron chi connectivity index (χ0n) is 6.10. The maximum atomic E-state index is 11.1. The molecule has 0 saturated heterocycles. The molecule has 1 N–H and O–H groups in total. The summed E-state index contributed by atoms with van der Waals surface area (Å²) in [6.07, 6.45) is 5.55. The first-order valence-electron chi connectivity index (χ1n) is 3.74. The number of rotatable bonds is 2. The highest BCUT2D eigenvalue weighted by atomic mass is 16.1. The molecule has 56 valence electrons. The first-order chi connectivity index (χ1) is 4.84. The summed E-state index contributed by atoms with van der Waals surface area (Å²) in [6, 6.07) is 0.0613. The molecule has 10 heavy (non-hydrogen) atoms. The highest BCUT2D eigenvalue weighted by Crippen LogP contribution is 2.13. The van der Waals surface area contributed by atoms with Crippen LogP contribution in [-0.4, -0.2) is 11.8 Å². The molecule has 2 heteroatoms. The van der Waals surface area contributed by atoms with Crippen LogP contribution < -0.4 is 5.32 Å². The summed E-state index contributed by atoms with van der Waals surface area (Å²) >= 11 is 0. The third-order valence-electron chi connectivity index (χ3n) is 1.87. The first kappa shape index (κ1) is 7.32. The zero-order valence-corrected chi connectivity index (χ0v) is 6.10. The topological polar surface area (TPSA) is 29.1 Å². The van der Waals surface area contributed by atoms with E-state index in [-0.39, 0.29) is 6.04 Å². The lowest BCUT2D eigenvalue weighted by Gasteiger charge is -2.19. The molecule has 2 nitrogen and oxygen atoms in total. The second kappa shape index (κ2) is 3.40. The van der Waals surface area contributed by atoms with Gasteiger partial charge in [0.15, 0.2) is 5.78 Å². The molecule has 1 atom stereocenters. The van der Waals surface area contributed by atoms with E-state index in [0.29, 0.717) is 5.78 Å². The molecule has 1 unspecified atom stereocenters. The lowest BCUT2D eigenvalue weighted by atomic mass is 9.94. The maximum absolute atomic E-state index is 11.1. The van der Waals surface area contributed by atoms with Crippen LogP contribution in [0.4, 0.5) is 0 Å². The van der Waals surface area contributed by atoms with Crippen LogP contribution in [0.1, 0.15) is 25.7 Å². The summed E-state index contributed by atoms with van der Waals surface area (Å²) in [6.45, 7) is 3.53. The molecule has 0 aromatic rings. The Balaban J connectivity index is 2.39. The molecule has 0 bridgehead atoms. The molecule has 1 saturated carbocycles. The van der Waals surface area contributed by atoms with Crippen molar-refractivity contribution in [3.05, 3.63) is 12.8 Å². The van der Waals surface area contributed by atoms with Crippen LogP contribution in [0.2, 0.25) is 0 Å². The average molecular weight is 139 g/mol. The van der Waals surface area contributed by atoms with Gasteiger partial charge in [-0.1, -0.05) is 13.0 Å². The summed E-state index contributed by atoms with van der Waals surface area (Å²) in [5.74, 6) is 0.339. The van der Waals surface area contributed by atoms with Gasteiger partial charge in [-0.2, -0.15) is 0 Å². The Labute approximate surface area is 61.3 Å². The average Bonchev–Trinajstić information content (AvgIpc) is 1.94. The van der Waals surface area contributed by atoms with Gasteiger partial charge in [0.25, 0.3) is 0 Å². The molecular weight excluding hydrogens is 126 g/mol. The van der Waals surface area contributed by atoms with E-state index in [2.05, 4.69) is 11.9 Å². The van der Waals surface area contributed by atoms with Crippen LogP contribution >= 0.6 is 0 Å². The lowest BCUT2D eigenvalue weighted by molar-refractivity contribution is -0.122. The fourth-order valence-corrected chi connectivity index (χ4v) is 1.30. The molecule has 0 radical (unpaired) electrons. The van der Waals surface area contributed by atoms with Crippen LogP contribution in [-0.2, 0) is 4.79 Å². The van der Waals surface area contributed by atoms with Crippen molar-refractivity contribution in [3.8, 4) is 0 Å². The highest BCUT2D eigenvalue weighted by Gasteiger charge is 2.19. The predicted molar refractivity (Wildman–Crippen MR) is 40.6 cm³/mol. The van der Waals surface area contributed by atoms with Crippen molar-refractivity contribution in [1.29, 1.82) is 0 Å². The zero-order chi connectivity index (χ0) is 7.40. The summed E-state index contributed by atoms with van der Waals surface area (Å²) < 4.78 is 0. The smallest absolute Gasteiger partial charge is 0.154 e. The number of nitrogens with one attached hydrogen (secondary N) is 1. The molecule has 0 aromatic carbocycles. The van der Waals surface area contributed by atoms with Crippen LogP contribution in [0.15, 0.2) is 12.8 Å². The van der Waals surface area contributed by atoms with E-state index < -0.39 is 0 Å². The van der Waals surface area contributed by atoms with Gasteiger partial charge in [0.1, 0.15) is 0 Å². The predicted octanol–water partition coefficient (Wildman–Crippen LogP) is 1.23. The second-order valence-corrected chi connectivity index (χ2v) is 2.64. The summed E-state index contributed by atoms with van der Waals surface area (Å²) in [5, 5.41) is 2.95. The monoisotopic (exact) mass is 139 g/mol. The van der Waals surface area contributed by atoms with Crippen LogP contribution in [0.25, 0.3) is 0 Å². The lowest BCUT2D eigenvalue weighted by Crippen LogP contribution is -2.35. The van der Waals surface area contributed by atoms with Gasteiger partial charge in [-0.05, 0) is 19.0 Å². The van der Waals surface area contributed by atoms with Crippen molar-refractivity contribution in [3.63, 3.8) is 0 Å². The number of hydrogen-bond donors (Lipinski definition) is 1.